The molecular weight excluding hydrogens is 212 g/mol. The predicted molar refractivity (Wildman–Crippen MR) is 71.3 cm³/mol. The lowest BCUT2D eigenvalue weighted by Crippen LogP contribution is -2.49. The van der Waals surface area contributed by atoms with E-state index in [4.69, 9.17) is 4.74 Å². The highest BCUT2D eigenvalue weighted by molar-refractivity contribution is 4.94. The van der Waals surface area contributed by atoms with Gasteiger partial charge in [-0.15, -0.1) is 0 Å². The lowest BCUT2D eigenvalue weighted by molar-refractivity contribution is -0.0887. The van der Waals surface area contributed by atoms with Crippen LogP contribution in [0, 0.1) is 5.92 Å². The number of rotatable bonds is 6. The van der Waals surface area contributed by atoms with Gasteiger partial charge in [0.15, 0.2) is 0 Å². The zero-order valence-electron chi connectivity index (χ0n) is 11.7. The van der Waals surface area contributed by atoms with Gasteiger partial charge < -0.3 is 15.0 Å². The molecule has 1 aliphatic carbocycles. The van der Waals surface area contributed by atoms with Crippen molar-refractivity contribution in [2.75, 3.05) is 33.3 Å². The van der Waals surface area contributed by atoms with E-state index in [1.165, 1.54) is 45.3 Å². The van der Waals surface area contributed by atoms with Crippen LogP contribution in [0.15, 0.2) is 0 Å². The summed E-state index contributed by atoms with van der Waals surface area (Å²) in [4.78, 5) is 2.61. The molecule has 1 saturated heterocycles. The summed E-state index contributed by atoms with van der Waals surface area (Å²) in [6, 6.07) is 0.612. The Bertz CT molecular complexity index is 233. The van der Waals surface area contributed by atoms with E-state index in [0.717, 1.165) is 12.5 Å². The Balaban J connectivity index is 1.70. The quantitative estimate of drug-likeness (QED) is 0.767. The molecule has 0 aromatic heterocycles. The first-order chi connectivity index (χ1) is 8.13. The summed E-state index contributed by atoms with van der Waals surface area (Å²) in [5.41, 5.74) is 0.209. The van der Waals surface area contributed by atoms with E-state index in [1.54, 1.807) is 0 Å². The van der Waals surface area contributed by atoms with Crippen molar-refractivity contribution in [1.29, 1.82) is 0 Å². The van der Waals surface area contributed by atoms with Gasteiger partial charge in [-0.1, -0.05) is 13.8 Å². The molecule has 2 aliphatic rings. The van der Waals surface area contributed by atoms with Gasteiger partial charge in [-0.05, 0) is 44.7 Å². The molecule has 2 fully saturated rings. The van der Waals surface area contributed by atoms with Crippen molar-refractivity contribution in [1.82, 2.24) is 10.2 Å². The van der Waals surface area contributed by atoms with Crippen LogP contribution in [-0.2, 0) is 4.74 Å². The molecular formula is C14H28N2O. The molecule has 0 aromatic rings. The zero-order chi connectivity index (χ0) is 12.3. The summed E-state index contributed by atoms with van der Waals surface area (Å²) >= 11 is 0. The molecule has 100 valence electrons. The van der Waals surface area contributed by atoms with E-state index in [2.05, 4.69) is 24.1 Å². The average molecular weight is 240 g/mol. The van der Waals surface area contributed by atoms with Crippen LogP contribution in [-0.4, -0.2) is 49.8 Å². The van der Waals surface area contributed by atoms with E-state index in [0.29, 0.717) is 6.04 Å². The molecule has 3 heteroatoms. The van der Waals surface area contributed by atoms with E-state index < -0.39 is 0 Å². The minimum atomic E-state index is 0.209. The maximum atomic E-state index is 5.71. The zero-order valence-corrected chi connectivity index (χ0v) is 11.7. The van der Waals surface area contributed by atoms with Crippen LogP contribution in [0.3, 0.4) is 0 Å². The summed E-state index contributed by atoms with van der Waals surface area (Å²) in [5.74, 6) is 0.839. The topological polar surface area (TPSA) is 24.5 Å². The van der Waals surface area contributed by atoms with E-state index >= 15 is 0 Å². The highest BCUT2D eigenvalue weighted by Gasteiger charge is 2.39. The van der Waals surface area contributed by atoms with Crippen LogP contribution in [0.1, 0.15) is 39.5 Å². The SMILES string of the molecule is COC1(CN2CCC(CNC(C)C)C2)CCC1. The number of ether oxygens (including phenoxy) is 1. The number of nitrogens with one attached hydrogen (secondary N) is 1. The molecule has 0 spiro atoms. The Kier molecular flexibility index (Phi) is 4.45. The monoisotopic (exact) mass is 240 g/mol. The maximum Gasteiger partial charge on any atom is 0.0805 e. The van der Waals surface area contributed by atoms with Gasteiger partial charge in [0.25, 0.3) is 0 Å². The number of methoxy groups -OCH3 is 1. The van der Waals surface area contributed by atoms with Gasteiger partial charge >= 0.3 is 0 Å². The lowest BCUT2D eigenvalue weighted by atomic mass is 9.79. The van der Waals surface area contributed by atoms with Crippen molar-refractivity contribution in [3.05, 3.63) is 0 Å². The highest BCUT2D eigenvalue weighted by atomic mass is 16.5. The summed E-state index contributed by atoms with van der Waals surface area (Å²) in [6.45, 7) is 9.29. The van der Waals surface area contributed by atoms with Gasteiger partial charge in [0.05, 0.1) is 5.60 Å². The third-order valence-corrected chi connectivity index (χ3v) is 4.39. The van der Waals surface area contributed by atoms with Gasteiger partial charge in [0, 0.05) is 26.2 Å². The molecule has 0 amide bonds. The molecule has 1 unspecified atom stereocenters. The first-order valence-electron chi connectivity index (χ1n) is 7.14. The molecule has 0 radical (unpaired) electrons. The summed E-state index contributed by atoms with van der Waals surface area (Å²) in [7, 11) is 1.88. The van der Waals surface area contributed by atoms with Gasteiger partial charge in [0.2, 0.25) is 0 Å². The van der Waals surface area contributed by atoms with Crippen molar-refractivity contribution < 1.29 is 4.74 Å². The normalized spacial score (nSPS) is 28.6. The summed E-state index contributed by atoms with van der Waals surface area (Å²) < 4.78 is 5.71. The van der Waals surface area contributed by atoms with Crippen molar-refractivity contribution >= 4 is 0 Å². The van der Waals surface area contributed by atoms with Gasteiger partial charge in [-0.2, -0.15) is 0 Å². The molecule has 1 aliphatic heterocycles. The summed E-state index contributed by atoms with van der Waals surface area (Å²) in [5, 5.41) is 3.55. The standard InChI is InChI=1S/C14H28N2O/c1-12(2)15-9-13-5-8-16(10-13)11-14(17-3)6-4-7-14/h12-13,15H,4-11H2,1-3H3. The van der Waals surface area contributed by atoms with Gasteiger partial charge in [-0.25, -0.2) is 0 Å². The summed E-state index contributed by atoms with van der Waals surface area (Å²) in [6.07, 6.45) is 5.21. The minimum Gasteiger partial charge on any atom is -0.377 e. The third kappa shape index (κ3) is 3.43. The molecule has 1 atom stereocenters. The van der Waals surface area contributed by atoms with E-state index in [-0.39, 0.29) is 5.60 Å². The number of nitrogens with zero attached hydrogens (tertiary/aromatic N) is 1. The second-order valence-electron chi connectivity index (χ2n) is 6.19. The van der Waals surface area contributed by atoms with Crippen molar-refractivity contribution in [2.24, 2.45) is 5.92 Å². The highest BCUT2D eigenvalue weighted by Crippen LogP contribution is 2.36. The second kappa shape index (κ2) is 5.68. The van der Waals surface area contributed by atoms with E-state index in [1.807, 2.05) is 7.11 Å². The number of hydrogen-bond donors (Lipinski definition) is 1. The molecule has 1 saturated carbocycles. The van der Waals surface area contributed by atoms with Gasteiger partial charge in [0.1, 0.15) is 0 Å². The van der Waals surface area contributed by atoms with Crippen LogP contribution in [0.2, 0.25) is 0 Å². The number of likely N-dealkylation sites (tertiary alicyclic amines) is 1. The van der Waals surface area contributed by atoms with Crippen molar-refractivity contribution in [3.8, 4) is 0 Å². The van der Waals surface area contributed by atoms with E-state index in [9.17, 15) is 0 Å². The molecule has 1 N–H and O–H groups in total. The second-order valence-corrected chi connectivity index (χ2v) is 6.19. The molecule has 17 heavy (non-hydrogen) atoms. The van der Waals surface area contributed by atoms with Crippen LogP contribution in [0.4, 0.5) is 0 Å². The molecule has 1 heterocycles. The molecule has 2 rings (SSSR count). The van der Waals surface area contributed by atoms with Crippen LogP contribution >= 0.6 is 0 Å². The molecule has 3 nitrogen and oxygen atoms in total. The largest absolute Gasteiger partial charge is 0.377 e. The molecule has 0 aromatic carbocycles. The Labute approximate surface area is 106 Å². The fraction of sp³-hybridized carbons (Fsp3) is 1.00. The van der Waals surface area contributed by atoms with Crippen molar-refractivity contribution in [2.45, 2.75) is 51.2 Å². The van der Waals surface area contributed by atoms with Gasteiger partial charge in [-0.3, -0.25) is 0 Å². The first-order valence-corrected chi connectivity index (χ1v) is 7.14. The van der Waals surface area contributed by atoms with Crippen molar-refractivity contribution in [3.63, 3.8) is 0 Å². The average Bonchev–Trinajstić information content (AvgIpc) is 2.68. The number of hydrogen-bond acceptors (Lipinski definition) is 3. The Morgan fingerprint density at radius 1 is 1.41 bits per heavy atom. The predicted octanol–water partition coefficient (Wildman–Crippen LogP) is 1.88. The fourth-order valence-electron chi connectivity index (χ4n) is 3.03. The van der Waals surface area contributed by atoms with Crippen LogP contribution < -0.4 is 5.32 Å². The third-order valence-electron chi connectivity index (χ3n) is 4.39. The minimum absolute atomic E-state index is 0.209. The van der Waals surface area contributed by atoms with Crippen LogP contribution in [0.5, 0.6) is 0 Å². The Morgan fingerprint density at radius 2 is 2.18 bits per heavy atom. The maximum absolute atomic E-state index is 5.71. The Morgan fingerprint density at radius 3 is 2.71 bits per heavy atom. The first kappa shape index (κ1) is 13.3. The smallest absolute Gasteiger partial charge is 0.0805 e. The lowest BCUT2D eigenvalue weighted by Gasteiger charge is -2.43. The van der Waals surface area contributed by atoms with Crippen LogP contribution in [0.25, 0.3) is 0 Å². The molecule has 0 bridgehead atoms. The Hall–Kier alpha value is -0.120. The fourth-order valence-corrected chi connectivity index (χ4v) is 3.03.